The Labute approximate surface area is 145 Å². The number of anilines is 1. The lowest BCUT2D eigenvalue weighted by Gasteiger charge is -2.36. The van der Waals surface area contributed by atoms with E-state index in [0.29, 0.717) is 12.3 Å². The third-order valence-corrected chi connectivity index (χ3v) is 4.62. The zero-order valence-electron chi connectivity index (χ0n) is 13.5. The standard InChI is InChI=1S/C16H21ClN2O3S/c1-16(2,3)22-15(21)18-9-11-10-23-13-7-5-4-6-12(13)19(11)14(20)8-17/h4-7,11H,8-10H2,1-3H3,(H,18,21). The first-order valence-electron chi connectivity index (χ1n) is 7.38. The lowest BCUT2D eigenvalue weighted by atomic mass is 10.2. The average molecular weight is 357 g/mol. The van der Waals surface area contributed by atoms with Crippen LogP contribution in [0.5, 0.6) is 0 Å². The molecule has 0 aromatic heterocycles. The fraction of sp³-hybridized carbons (Fsp3) is 0.500. The van der Waals surface area contributed by atoms with Crippen molar-refractivity contribution in [2.45, 2.75) is 37.3 Å². The van der Waals surface area contributed by atoms with Crippen LogP contribution in [0.1, 0.15) is 20.8 Å². The largest absolute Gasteiger partial charge is 0.444 e. The fourth-order valence-corrected chi connectivity index (χ4v) is 3.56. The van der Waals surface area contributed by atoms with E-state index in [4.69, 9.17) is 16.3 Å². The van der Waals surface area contributed by atoms with Crippen molar-refractivity contribution in [1.29, 1.82) is 0 Å². The Morgan fingerprint density at radius 1 is 1.39 bits per heavy atom. The molecule has 0 fully saturated rings. The fourth-order valence-electron chi connectivity index (χ4n) is 2.30. The highest BCUT2D eigenvalue weighted by atomic mass is 35.5. The Kier molecular flexibility index (Phi) is 5.81. The lowest BCUT2D eigenvalue weighted by molar-refractivity contribution is -0.116. The number of nitrogens with zero attached hydrogens (tertiary/aromatic N) is 1. The number of carbonyl (C=O) groups is 2. The summed E-state index contributed by atoms with van der Waals surface area (Å²) in [6.07, 6.45) is -0.486. The van der Waals surface area contributed by atoms with E-state index in [1.54, 1.807) is 16.7 Å². The van der Waals surface area contributed by atoms with Gasteiger partial charge in [0, 0.05) is 17.2 Å². The molecule has 1 unspecified atom stereocenters. The summed E-state index contributed by atoms with van der Waals surface area (Å²) in [4.78, 5) is 26.8. The first kappa shape index (κ1) is 17.9. The molecule has 7 heteroatoms. The van der Waals surface area contributed by atoms with Crippen molar-refractivity contribution in [3.8, 4) is 0 Å². The Hall–Kier alpha value is -1.40. The van der Waals surface area contributed by atoms with Gasteiger partial charge in [0.1, 0.15) is 11.5 Å². The Morgan fingerprint density at radius 2 is 2.09 bits per heavy atom. The monoisotopic (exact) mass is 356 g/mol. The van der Waals surface area contributed by atoms with Crippen LogP contribution in [0, 0.1) is 0 Å². The molecule has 0 saturated carbocycles. The van der Waals surface area contributed by atoms with Crippen molar-refractivity contribution in [2.24, 2.45) is 0 Å². The van der Waals surface area contributed by atoms with Crippen LogP contribution in [0.3, 0.4) is 0 Å². The summed E-state index contributed by atoms with van der Waals surface area (Å²) in [5.41, 5.74) is 0.286. The van der Waals surface area contributed by atoms with Crippen LogP contribution in [0.15, 0.2) is 29.2 Å². The molecule has 1 aromatic rings. The van der Waals surface area contributed by atoms with Gasteiger partial charge in [0.05, 0.1) is 11.7 Å². The van der Waals surface area contributed by atoms with Gasteiger partial charge in [-0.3, -0.25) is 4.79 Å². The van der Waals surface area contributed by atoms with Crippen LogP contribution in [0.25, 0.3) is 0 Å². The van der Waals surface area contributed by atoms with Crippen molar-refractivity contribution < 1.29 is 14.3 Å². The number of nitrogens with one attached hydrogen (secondary N) is 1. The number of carbonyl (C=O) groups excluding carboxylic acids is 2. The van der Waals surface area contributed by atoms with E-state index >= 15 is 0 Å². The van der Waals surface area contributed by atoms with Gasteiger partial charge < -0.3 is 15.0 Å². The van der Waals surface area contributed by atoms with E-state index in [0.717, 1.165) is 10.6 Å². The zero-order valence-corrected chi connectivity index (χ0v) is 15.0. The Morgan fingerprint density at radius 3 is 2.74 bits per heavy atom. The minimum atomic E-state index is -0.552. The van der Waals surface area contributed by atoms with Crippen LogP contribution in [-0.2, 0) is 9.53 Å². The highest BCUT2D eigenvalue weighted by Gasteiger charge is 2.31. The molecule has 5 nitrogen and oxygen atoms in total. The summed E-state index contributed by atoms with van der Waals surface area (Å²) in [6, 6.07) is 7.54. The van der Waals surface area contributed by atoms with Crippen molar-refractivity contribution in [1.82, 2.24) is 5.32 Å². The smallest absolute Gasteiger partial charge is 0.407 e. The molecule has 0 bridgehead atoms. The number of para-hydroxylation sites is 1. The number of ether oxygens (including phenoxy) is 1. The van der Waals surface area contributed by atoms with Crippen molar-refractivity contribution in [3.05, 3.63) is 24.3 Å². The summed E-state index contributed by atoms with van der Waals surface area (Å²) in [7, 11) is 0. The highest BCUT2D eigenvalue weighted by Crippen LogP contribution is 2.37. The number of hydrogen-bond donors (Lipinski definition) is 1. The van der Waals surface area contributed by atoms with E-state index in [-0.39, 0.29) is 17.8 Å². The van der Waals surface area contributed by atoms with E-state index < -0.39 is 11.7 Å². The number of amides is 2. The van der Waals surface area contributed by atoms with Gasteiger partial charge in [0.2, 0.25) is 5.91 Å². The molecular weight excluding hydrogens is 336 g/mol. The molecule has 126 valence electrons. The molecule has 0 spiro atoms. The van der Waals surface area contributed by atoms with Crippen LogP contribution < -0.4 is 10.2 Å². The number of thioether (sulfide) groups is 1. The molecule has 23 heavy (non-hydrogen) atoms. The molecule has 1 aliphatic heterocycles. The van der Waals surface area contributed by atoms with Crippen molar-refractivity contribution in [3.63, 3.8) is 0 Å². The first-order chi connectivity index (χ1) is 10.8. The number of hydrogen-bond acceptors (Lipinski definition) is 4. The molecule has 0 aliphatic carbocycles. The van der Waals surface area contributed by atoms with E-state index in [2.05, 4.69) is 5.32 Å². The molecule has 0 saturated heterocycles. The number of fused-ring (bicyclic) bond motifs is 1. The van der Waals surface area contributed by atoms with E-state index in [1.807, 2.05) is 45.0 Å². The average Bonchev–Trinajstić information content (AvgIpc) is 2.49. The second-order valence-electron chi connectivity index (χ2n) is 6.21. The van der Waals surface area contributed by atoms with Crippen LogP contribution in [0.2, 0.25) is 0 Å². The summed E-state index contributed by atoms with van der Waals surface area (Å²) in [6.45, 7) is 5.74. The van der Waals surface area contributed by atoms with E-state index in [1.165, 1.54) is 0 Å². The second-order valence-corrected chi connectivity index (χ2v) is 7.54. The van der Waals surface area contributed by atoms with Crippen LogP contribution >= 0.6 is 23.4 Å². The molecule has 0 radical (unpaired) electrons. The van der Waals surface area contributed by atoms with Gasteiger partial charge in [-0.25, -0.2) is 4.79 Å². The van der Waals surface area contributed by atoms with Gasteiger partial charge in [-0.1, -0.05) is 12.1 Å². The highest BCUT2D eigenvalue weighted by molar-refractivity contribution is 7.99. The Bertz CT molecular complexity index is 589. The van der Waals surface area contributed by atoms with Crippen LogP contribution in [0.4, 0.5) is 10.5 Å². The molecule has 1 N–H and O–H groups in total. The molecule has 2 amide bonds. The van der Waals surface area contributed by atoms with Crippen molar-refractivity contribution in [2.75, 3.05) is 23.1 Å². The number of benzene rings is 1. The zero-order chi connectivity index (χ0) is 17.0. The summed E-state index contributed by atoms with van der Waals surface area (Å²) >= 11 is 7.42. The van der Waals surface area contributed by atoms with Gasteiger partial charge in [-0.15, -0.1) is 23.4 Å². The van der Waals surface area contributed by atoms with E-state index in [9.17, 15) is 9.59 Å². The number of alkyl halides is 1. The quantitative estimate of drug-likeness (QED) is 0.844. The van der Waals surface area contributed by atoms with Gasteiger partial charge in [-0.2, -0.15) is 0 Å². The van der Waals surface area contributed by atoms with Gasteiger partial charge in [-0.05, 0) is 32.9 Å². The van der Waals surface area contributed by atoms with Crippen molar-refractivity contribution >= 4 is 41.1 Å². The summed E-state index contributed by atoms with van der Waals surface area (Å²) in [5.74, 6) is 0.424. The minimum Gasteiger partial charge on any atom is -0.444 e. The molecule has 1 aromatic carbocycles. The molecule has 2 rings (SSSR count). The van der Waals surface area contributed by atoms with Gasteiger partial charge in [0.15, 0.2) is 0 Å². The Balaban J connectivity index is 2.09. The first-order valence-corrected chi connectivity index (χ1v) is 8.90. The topological polar surface area (TPSA) is 58.6 Å². The maximum Gasteiger partial charge on any atom is 0.407 e. The number of alkyl carbamates (subject to hydrolysis) is 1. The number of rotatable bonds is 3. The predicted octanol–water partition coefficient (Wildman–Crippen LogP) is 3.26. The molecule has 1 heterocycles. The maximum absolute atomic E-state index is 12.3. The third kappa shape index (κ3) is 4.78. The molecule has 1 atom stereocenters. The maximum atomic E-state index is 12.3. The molecule has 1 aliphatic rings. The van der Waals surface area contributed by atoms with Gasteiger partial charge >= 0.3 is 6.09 Å². The normalized spacial score (nSPS) is 17.4. The second kappa shape index (κ2) is 7.45. The lowest BCUT2D eigenvalue weighted by Crippen LogP contribution is -2.51. The third-order valence-electron chi connectivity index (χ3n) is 3.19. The summed E-state index contributed by atoms with van der Waals surface area (Å²) in [5, 5.41) is 2.74. The SMILES string of the molecule is CC(C)(C)OC(=O)NCC1CSc2ccccc2N1C(=O)CCl. The molecular formula is C16H21ClN2O3S. The summed E-state index contributed by atoms with van der Waals surface area (Å²) < 4.78 is 5.23. The number of halogens is 1. The van der Waals surface area contributed by atoms with Gasteiger partial charge in [0.25, 0.3) is 0 Å². The minimum absolute atomic E-state index is 0.0953. The van der Waals surface area contributed by atoms with Crippen LogP contribution in [-0.4, -0.2) is 41.8 Å². The predicted molar refractivity (Wildman–Crippen MR) is 93.4 cm³/mol.